The van der Waals surface area contributed by atoms with E-state index in [1.54, 1.807) is 41.5 Å². The number of anilines is 1. The molecule has 8 nitrogen and oxygen atoms in total. The van der Waals surface area contributed by atoms with Crippen LogP contribution in [0.15, 0.2) is 42.9 Å². The number of rotatable bonds is 6. The third-order valence-corrected chi connectivity index (χ3v) is 3.96. The van der Waals surface area contributed by atoms with Crippen LogP contribution in [0.5, 0.6) is 0 Å². The number of carbonyl (C=O) groups excluding carboxylic acids is 1. The van der Waals surface area contributed by atoms with Gasteiger partial charge in [-0.15, -0.1) is 0 Å². The first-order valence-electron chi connectivity index (χ1n) is 8.54. The molecule has 2 N–H and O–H groups in total. The molecule has 3 aromatic rings. The van der Waals surface area contributed by atoms with E-state index in [0.717, 1.165) is 17.9 Å². The monoisotopic (exact) mass is 353 g/mol. The fourth-order valence-electron chi connectivity index (χ4n) is 2.72. The standard InChI is InChI=1S/C18H23N7O/c1-13(12-25-15(3)10-14(2)23-25)11-20-18(26)22-16-6-4-7-19-17(16)24-9-5-8-21-24/h4-10,13H,11-12H2,1-3H3,(H2,20,22,26). The zero-order valence-electron chi connectivity index (χ0n) is 15.2. The summed E-state index contributed by atoms with van der Waals surface area (Å²) in [6.45, 7) is 7.39. The molecule has 0 saturated carbocycles. The van der Waals surface area contributed by atoms with Crippen molar-refractivity contribution in [1.82, 2.24) is 29.9 Å². The Balaban J connectivity index is 1.56. The van der Waals surface area contributed by atoms with Crippen molar-refractivity contribution >= 4 is 11.7 Å². The highest BCUT2D eigenvalue weighted by Crippen LogP contribution is 2.15. The van der Waals surface area contributed by atoms with E-state index in [-0.39, 0.29) is 11.9 Å². The minimum Gasteiger partial charge on any atom is -0.338 e. The second-order valence-corrected chi connectivity index (χ2v) is 6.37. The van der Waals surface area contributed by atoms with E-state index in [2.05, 4.69) is 32.7 Å². The molecular weight excluding hydrogens is 330 g/mol. The van der Waals surface area contributed by atoms with Crippen LogP contribution in [0.3, 0.4) is 0 Å². The number of nitrogens with one attached hydrogen (secondary N) is 2. The van der Waals surface area contributed by atoms with Gasteiger partial charge >= 0.3 is 6.03 Å². The maximum absolute atomic E-state index is 12.3. The largest absolute Gasteiger partial charge is 0.338 e. The molecule has 1 atom stereocenters. The molecule has 0 spiro atoms. The summed E-state index contributed by atoms with van der Waals surface area (Å²) >= 11 is 0. The van der Waals surface area contributed by atoms with Gasteiger partial charge in [0.15, 0.2) is 5.82 Å². The van der Waals surface area contributed by atoms with Crippen LogP contribution in [0.4, 0.5) is 10.5 Å². The predicted octanol–water partition coefficient (Wildman–Crippen LogP) is 2.54. The topological polar surface area (TPSA) is 89.7 Å². The van der Waals surface area contributed by atoms with Crippen molar-refractivity contribution in [2.75, 3.05) is 11.9 Å². The Morgan fingerprint density at radius 1 is 1.27 bits per heavy atom. The molecule has 2 amide bonds. The number of aryl methyl sites for hydroxylation is 2. The van der Waals surface area contributed by atoms with Crippen molar-refractivity contribution in [1.29, 1.82) is 0 Å². The molecule has 0 fully saturated rings. The molecule has 3 aromatic heterocycles. The number of hydrogen-bond donors (Lipinski definition) is 2. The maximum atomic E-state index is 12.3. The SMILES string of the molecule is Cc1cc(C)n(CC(C)CNC(=O)Nc2cccnc2-n2cccn2)n1. The van der Waals surface area contributed by atoms with E-state index in [1.165, 1.54) is 0 Å². The smallest absolute Gasteiger partial charge is 0.319 e. The molecule has 8 heteroatoms. The summed E-state index contributed by atoms with van der Waals surface area (Å²) in [5, 5.41) is 14.4. The number of nitrogens with zero attached hydrogens (tertiary/aromatic N) is 5. The summed E-state index contributed by atoms with van der Waals surface area (Å²) < 4.78 is 3.58. The van der Waals surface area contributed by atoms with Crippen molar-refractivity contribution < 1.29 is 4.79 Å². The minimum atomic E-state index is -0.272. The molecular formula is C18H23N7O. The number of urea groups is 1. The molecule has 136 valence electrons. The zero-order chi connectivity index (χ0) is 18.5. The van der Waals surface area contributed by atoms with Gasteiger partial charge in [-0.05, 0) is 44.0 Å². The van der Waals surface area contributed by atoms with E-state index in [0.29, 0.717) is 18.1 Å². The second kappa shape index (κ2) is 7.81. The first-order chi connectivity index (χ1) is 12.5. The Bertz CT molecular complexity index is 870. The van der Waals surface area contributed by atoms with Crippen LogP contribution in [-0.4, -0.2) is 37.1 Å². The molecule has 3 rings (SSSR count). The van der Waals surface area contributed by atoms with E-state index in [1.807, 2.05) is 24.6 Å². The van der Waals surface area contributed by atoms with Gasteiger partial charge in [0, 0.05) is 37.4 Å². The third-order valence-electron chi connectivity index (χ3n) is 3.96. The summed E-state index contributed by atoms with van der Waals surface area (Å²) in [5.41, 5.74) is 2.72. The van der Waals surface area contributed by atoms with Crippen molar-refractivity contribution in [3.63, 3.8) is 0 Å². The number of carbonyl (C=O) groups is 1. The van der Waals surface area contributed by atoms with Crippen LogP contribution < -0.4 is 10.6 Å². The average Bonchev–Trinajstić information content (AvgIpc) is 3.24. The van der Waals surface area contributed by atoms with Crippen LogP contribution in [0.1, 0.15) is 18.3 Å². The van der Waals surface area contributed by atoms with Crippen LogP contribution >= 0.6 is 0 Å². The Hall–Kier alpha value is -3.16. The molecule has 26 heavy (non-hydrogen) atoms. The summed E-state index contributed by atoms with van der Waals surface area (Å²) in [6, 6.07) is 7.15. The first-order valence-corrected chi connectivity index (χ1v) is 8.54. The van der Waals surface area contributed by atoms with Crippen LogP contribution in [-0.2, 0) is 6.54 Å². The molecule has 0 aromatic carbocycles. The molecule has 0 bridgehead atoms. The van der Waals surface area contributed by atoms with Crippen molar-refractivity contribution in [3.05, 3.63) is 54.2 Å². The van der Waals surface area contributed by atoms with Gasteiger partial charge < -0.3 is 10.6 Å². The first kappa shape index (κ1) is 17.7. The maximum Gasteiger partial charge on any atom is 0.319 e. The fraction of sp³-hybridized carbons (Fsp3) is 0.333. The van der Waals surface area contributed by atoms with Crippen LogP contribution in [0.25, 0.3) is 5.82 Å². The molecule has 0 radical (unpaired) electrons. The van der Waals surface area contributed by atoms with Gasteiger partial charge in [-0.3, -0.25) is 4.68 Å². The van der Waals surface area contributed by atoms with Gasteiger partial charge in [-0.25, -0.2) is 14.5 Å². The van der Waals surface area contributed by atoms with Crippen LogP contribution in [0, 0.1) is 19.8 Å². The molecule has 3 heterocycles. The van der Waals surface area contributed by atoms with Gasteiger partial charge in [0.1, 0.15) is 0 Å². The van der Waals surface area contributed by atoms with E-state index in [9.17, 15) is 4.79 Å². The molecule has 1 unspecified atom stereocenters. The molecule has 0 aliphatic carbocycles. The number of amides is 2. The lowest BCUT2D eigenvalue weighted by Gasteiger charge is -2.15. The molecule has 0 aliphatic rings. The quantitative estimate of drug-likeness (QED) is 0.713. The van der Waals surface area contributed by atoms with Crippen molar-refractivity contribution in [3.8, 4) is 5.82 Å². The van der Waals surface area contributed by atoms with Gasteiger partial charge in [0.25, 0.3) is 0 Å². The van der Waals surface area contributed by atoms with Crippen molar-refractivity contribution in [2.24, 2.45) is 5.92 Å². The van der Waals surface area contributed by atoms with E-state index in [4.69, 9.17) is 0 Å². The lowest BCUT2D eigenvalue weighted by Crippen LogP contribution is -2.34. The Labute approximate surface area is 152 Å². The predicted molar refractivity (Wildman–Crippen MR) is 99.2 cm³/mol. The highest BCUT2D eigenvalue weighted by atomic mass is 16.2. The fourth-order valence-corrected chi connectivity index (χ4v) is 2.72. The van der Waals surface area contributed by atoms with E-state index < -0.39 is 0 Å². The van der Waals surface area contributed by atoms with Gasteiger partial charge in [0.05, 0.1) is 11.4 Å². The van der Waals surface area contributed by atoms with Gasteiger partial charge in [-0.1, -0.05) is 6.92 Å². The molecule has 0 saturated heterocycles. The lowest BCUT2D eigenvalue weighted by atomic mass is 10.2. The van der Waals surface area contributed by atoms with Crippen molar-refractivity contribution in [2.45, 2.75) is 27.3 Å². The Kier molecular flexibility index (Phi) is 5.31. The highest BCUT2D eigenvalue weighted by molar-refractivity contribution is 5.90. The number of hydrogen-bond acceptors (Lipinski definition) is 4. The van der Waals surface area contributed by atoms with Gasteiger partial charge in [-0.2, -0.15) is 10.2 Å². The average molecular weight is 353 g/mol. The van der Waals surface area contributed by atoms with Crippen LogP contribution in [0.2, 0.25) is 0 Å². The number of pyridine rings is 1. The number of aromatic nitrogens is 5. The van der Waals surface area contributed by atoms with E-state index >= 15 is 0 Å². The summed E-state index contributed by atoms with van der Waals surface area (Å²) in [7, 11) is 0. The molecule has 0 aliphatic heterocycles. The van der Waals surface area contributed by atoms with Gasteiger partial charge in [0.2, 0.25) is 0 Å². The zero-order valence-corrected chi connectivity index (χ0v) is 15.2. The highest BCUT2D eigenvalue weighted by Gasteiger charge is 2.12. The lowest BCUT2D eigenvalue weighted by molar-refractivity contribution is 0.249. The normalized spacial score (nSPS) is 12.0. The third kappa shape index (κ3) is 4.27. The minimum absolute atomic E-state index is 0.248. The second-order valence-electron chi connectivity index (χ2n) is 6.37. The summed E-state index contributed by atoms with van der Waals surface area (Å²) in [6.07, 6.45) is 5.11. The Morgan fingerprint density at radius 3 is 2.81 bits per heavy atom. The summed E-state index contributed by atoms with van der Waals surface area (Å²) in [4.78, 5) is 16.5. The Morgan fingerprint density at radius 2 is 2.12 bits per heavy atom. The summed E-state index contributed by atoms with van der Waals surface area (Å²) in [5.74, 6) is 0.821.